The second-order valence-corrected chi connectivity index (χ2v) is 9.82. The molecule has 37 heavy (non-hydrogen) atoms. The fourth-order valence-corrected chi connectivity index (χ4v) is 5.88. The summed E-state index contributed by atoms with van der Waals surface area (Å²) < 4.78 is 18.7. The Morgan fingerprint density at radius 3 is 2.89 bits per heavy atom. The number of carbonyl (C=O) groups excluding carboxylic acids is 1. The minimum Gasteiger partial charge on any atom is -0.463 e. The Morgan fingerprint density at radius 1 is 1.22 bits per heavy atom. The zero-order valence-electron chi connectivity index (χ0n) is 20.4. The number of ether oxygens (including phenoxy) is 3. The van der Waals surface area contributed by atoms with E-state index in [-0.39, 0.29) is 19.0 Å². The van der Waals surface area contributed by atoms with E-state index in [9.17, 15) is 9.59 Å². The Morgan fingerprint density at radius 2 is 2.05 bits per heavy atom. The number of rotatable bonds is 6. The van der Waals surface area contributed by atoms with Gasteiger partial charge in [0.15, 0.2) is 16.3 Å². The van der Waals surface area contributed by atoms with Crippen molar-refractivity contribution < 1.29 is 19.0 Å². The number of hydrogen-bond donors (Lipinski definition) is 1. The maximum atomic E-state index is 13.9. The lowest BCUT2D eigenvalue weighted by atomic mass is 9.94. The van der Waals surface area contributed by atoms with Gasteiger partial charge in [-0.3, -0.25) is 9.36 Å². The number of hydrogen-bond acceptors (Lipinski definition) is 7. The van der Waals surface area contributed by atoms with Gasteiger partial charge in [-0.2, -0.15) is 0 Å². The third-order valence-corrected chi connectivity index (χ3v) is 7.50. The van der Waals surface area contributed by atoms with Crippen LogP contribution < -0.4 is 24.4 Å². The highest BCUT2D eigenvalue weighted by Crippen LogP contribution is 2.38. The molecule has 1 atom stereocenters. The highest BCUT2D eigenvalue weighted by molar-refractivity contribution is 7.07. The lowest BCUT2D eigenvalue weighted by Crippen LogP contribution is -2.40. The molecule has 4 heterocycles. The van der Waals surface area contributed by atoms with Crippen molar-refractivity contribution in [3.63, 3.8) is 0 Å². The van der Waals surface area contributed by atoms with E-state index in [2.05, 4.69) is 4.98 Å². The summed E-state index contributed by atoms with van der Waals surface area (Å²) in [5.74, 6) is 0.741. The molecule has 0 saturated heterocycles. The zero-order chi connectivity index (χ0) is 25.5. The van der Waals surface area contributed by atoms with Gasteiger partial charge in [0.25, 0.3) is 5.56 Å². The normalized spacial score (nSPS) is 16.7. The molecule has 8 nitrogen and oxygen atoms in total. The molecule has 6 rings (SSSR count). The Kier molecular flexibility index (Phi) is 5.92. The van der Waals surface area contributed by atoms with Gasteiger partial charge in [0.05, 0.1) is 28.5 Å². The van der Waals surface area contributed by atoms with Crippen molar-refractivity contribution in [2.45, 2.75) is 32.7 Å². The van der Waals surface area contributed by atoms with E-state index in [1.54, 1.807) is 11.5 Å². The molecule has 0 radical (unpaired) electrons. The number of para-hydroxylation sites is 1. The number of benzene rings is 2. The van der Waals surface area contributed by atoms with Gasteiger partial charge in [0, 0.05) is 22.7 Å². The summed E-state index contributed by atoms with van der Waals surface area (Å²) in [5, 5.41) is 1.03. The van der Waals surface area contributed by atoms with Gasteiger partial charge in [-0.15, -0.1) is 0 Å². The monoisotopic (exact) mass is 515 g/mol. The van der Waals surface area contributed by atoms with Gasteiger partial charge in [0.2, 0.25) is 6.79 Å². The number of aromatic amines is 1. The average Bonchev–Trinajstić information content (AvgIpc) is 3.61. The maximum absolute atomic E-state index is 13.9. The Bertz CT molecular complexity index is 1740. The van der Waals surface area contributed by atoms with E-state index in [0.717, 1.165) is 28.5 Å². The lowest BCUT2D eigenvalue weighted by molar-refractivity contribution is -0.139. The molecule has 4 aromatic rings. The Hall–Kier alpha value is -4.11. The van der Waals surface area contributed by atoms with E-state index in [1.165, 1.54) is 11.3 Å². The second-order valence-electron chi connectivity index (χ2n) is 8.82. The van der Waals surface area contributed by atoms with Gasteiger partial charge in [-0.05, 0) is 43.2 Å². The first-order valence-corrected chi connectivity index (χ1v) is 13.1. The molecule has 2 aromatic heterocycles. The number of thiazole rings is 1. The number of nitrogens with zero attached hydrogens (tertiary/aromatic N) is 2. The van der Waals surface area contributed by atoms with Crippen LogP contribution in [0.1, 0.15) is 43.9 Å². The predicted molar refractivity (Wildman–Crippen MR) is 140 cm³/mol. The van der Waals surface area contributed by atoms with Crippen molar-refractivity contribution in [1.29, 1.82) is 0 Å². The van der Waals surface area contributed by atoms with Crippen LogP contribution in [0.15, 0.2) is 69.7 Å². The number of H-pyrrole nitrogens is 1. The molecule has 9 heteroatoms. The number of esters is 1. The summed E-state index contributed by atoms with van der Waals surface area (Å²) in [7, 11) is 0. The van der Waals surface area contributed by atoms with E-state index in [4.69, 9.17) is 19.2 Å². The highest BCUT2D eigenvalue weighted by atomic mass is 32.1. The number of fused-ring (bicyclic) bond motifs is 3. The van der Waals surface area contributed by atoms with Gasteiger partial charge < -0.3 is 19.2 Å². The van der Waals surface area contributed by atoms with Crippen molar-refractivity contribution in [2.75, 3.05) is 13.4 Å². The van der Waals surface area contributed by atoms with Gasteiger partial charge in [-0.25, -0.2) is 9.79 Å². The standard InChI is InChI=1S/C28H25N3O5S/c1-3-7-20-24(27(33)34-4-2)25(16-10-11-21-22(12-16)36-15-35-21)31-26(32)23(37-28(31)30-20)13-17-14-29-19-9-6-5-8-18(17)19/h5-6,8-14,25,29H,3-4,7,15H2,1-2H3/b23-13+. The predicted octanol–water partition coefficient (Wildman–Crippen LogP) is 3.79. The average molecular weight is 516 g/mol. The minimum absolute atomic E-state index is 0.133. The van der Waals surface area contributed by atoms with E-state index in [1.807, 2.05) is 61.7 Å². The van der Waals surface area contributed by atoms with Crippen LogP contribution in [0.4, 0.5) is 0 Å². The minimum atomic E-state index is -0.698. The first kappa shape index (κ1) is 23.3. The van der Waals surface area contributed by atoms with E-state index >= 15 is 0 Å². The molecule has 188 valence electrons. The summed E-state index contributed by atoms with van der Waals surface area (Å²) in [6.07, 6.45) is 5.15. The van der Waals surface area contributed by atoms with Gasteiger partial charge in [0.1, 0.15) is 0 Å². The summed E-state index contributed by atoms with van der Waals surface area (Å²) in [6.45, 7) is 4.16. The van der Waals surface area contributed by atoms with Crippen LogP contribution in [0, 0.1) is 0 Å². The van der Waals surface area contributed by atoms with Crippen LogP contribution in [0.25, 0.3) is 17.0 Å². The molecule has 0 bridgehead atoms. The number of carbonyl (C=O) groups is 1. The molecule has 0 fully saturated rings. The van der Waals surface area contributed by atoms with E-state index in [0.29, 0.717) is 38.5 Å². The van der Waals surface area contributed by atoms with Crippen LogP contribution in [0.5, 0.6) is 11.5 Å². The van der Waals surface area contributed by atoms with Crippen molar-refractivity contribution >= 4 is 34.3 Å². The molecule has 0 aliphatic carbocycles. The molecule has 0 spiro atoms. The molecule has 1 unspecified atom stereocenters. The molecule has 2 aliphatic rings. The molecule has 0 amide bonds. The van der Waals surface area contributed by atoms with E-state index < -0.39 is 12.0 Å². The summed E-state index contributed by atoms with van der Waals surface area (Å²) in [5.41, 5.74) is 3.45. The zero-order valence-corrected chi connectivity index (χ0v) is 21.3. The third-order valence-electron chi connectivity index (χ3n) is 6.51. The van der Waals surface area contributed by atoms with Crippen molar-refractivity contribution in [3.8, 4) is 11.5 Å². The smallest absolute Gasteiger partial charge is 0.338 e. The fraction of sp³-hybridized carbons (Fsp3) is 0.250. The molecule has 1 N–H and O–H groups in total. The third kappa shape index (κ3) is 3.95. The largest absolute Gasteiger partial charge is 0.463 e. The van der Waals surface area contributed by atoms with Crippen molar-refractivity contribution in [2.24, 2.45) is 4.99 Å². The first-order chi connectivity index (χ1) is 18.1. The van der Waals surface area contributed by atoms with Crippen LogP contribution in [-0.2, 0) is 9.53 Å². The molecule has 2 aromatic carbocycles. The number of nitrogens with one attached hydrogen (secondary N) is 1. The van der Waals surface area contributed by atoms with Crippen LogP contribution in [0.3, 0.4) is 0 Å². The lowest BCUT2D eigenvalue weighted by Gasteiger charge is -2.25. The summed E-state index contributed by atoms with van der Waals surface area (Å²) in [4.78, 5) is 35.9. The van der Waals surface area contributed by atoms with Gasteiger partial charge >= 0.3 is 5.97 Å². The van der Waals surface area contributed by atoms with Gasteiger partial charge in [-0.1, -0.05) is 48.9 Å². The van der Waals surface area contributed by atoms with Crippen LogP contribution in [0.2, 0.25) is 0 Å². The maximum Gasteiger partial charge on any atom is 0.338 e. The topological polar surface area (TPSA) is 94.9 Å². The highest BCUT2D eigenvalue weighted by Gasteiger charge is 2.35. The number of aromatic nitrogens is 2. The summed E-state index contributed by atoms with van der Waals surface area (Å²) >= 11 is 1.32. The van der Waals surface area contributed by atoms with Crippen LogP contribution in [-0.4, -0.2) is 28.9 Å². The second kappa shape index (κ2) is 9.40. The molecule has 2 aliphatic heterocycles. The van der Waals surface area contributed by atoms with Crippen molar-refractivity contribution in [1.82, 2.24) is 9.55 Å². The quantitative estimate of drug-likeness (QED) is 0.395. The molecular formula is C28H25N3O5S. The Labute approximate surface area is 216 Å². The molecular weight excluding hydrogens is 490 g/mol. The SMILES string of the molecule is CCCC1=C(C(=O)OCC)C(c2ccc3c(c2)OCO3)n2c(s/c(=C/c3c[nH]c4ccccc34)c2=O)=N1. The number of allylic oxidation sites excluding steroid dienone is 1. The van der Waals surface area contributed by atoms with Crippen LogP contribution >= 0.6 is 11.3 Å². The first-order valence-electron chi connectivity index (χ1n) is 12.3. The Balaban J connectivity index is 1.59. The van der Waals surface area contributed by atoms with Crippen molar-refractivity contribution in [3.05, 3.63) is 90.7 Å². The molecule has 0 saturated carbocycles. The fourth-order valence-electron chi connectivity index (χ4n) is 4.87. The summed E-state index contributed by atoms with van der Waals surface area (Å²) in [6, 6.07) is 12.8.